The van der Waals surface area contributed by atoms with E-state index in [1.807, 2.05) is 19.1 Å². The normalized spacial score (nSPS) is 10.7. The number of thioether (sulfide) groups is 1. The third-order valence-electron chi connectivity index (χ3n) is 5.08. The summed E-state index contributed by atoms with van der Waals surface area (Å²) in [5.74, 6) is -0.172. The lowest BCUT2D eigenvalue weighted by Crippen LogP contribution is -2.23. The summed E-state index contributed by atoms with van der Waals surface area (Å²) in [6.45, 7) is 1.84. The molecular weight excluding hydrogens is 456 g/mol. The zero-order valence-electron chi connectivity index (χ0n) is 17.7. The van der Waals surface area contributed by atoms with Gasteiger partial charge in [0.05, 0.1) is 34.8 Å². The number of amides is 1. The summed E-state index contributed by atoms with van der Waals surface area (Å²) in [6, 6.07) is 21.7. The van der Waals surface area contributed by atoms with Gasteiger partial charge < -0.3 is 5.32 Å². The van der Waals surface area contributed by atoms with Crippen molar-refractivity contribution in [2.75, 3.05) is 11.1 Å². The lowest BCUT2D eigenvalue weighted by molar-refractivity contribution is -0.113. The SMILES string of the molecule is Cc1c(Cl)cccc1-n1c(SCC(=O)Nc2ccc(CC#N)cc2)nc2ccccc2c1=O. The van der Waals surface area contributed by atoms with Crippen LogP contribution >= 0.6 is 23.4 Å². The van der Waals surface area contributed by atoms with Crippen LogP contribution in [0.2, 0.25) is 5.02 Å². The zero-order chi connectivity index (χ0) is 23.4. The maximum Gasteiger partial charge on any atom is 0.266 e. The van der Waals surface area contributed by atoms with Gasteiger partial charge in [-0.05, 0) is 54.4 Å². The van der Waals surface area contributed by atoms with E-state index in [0.29, 0.717) is 38.9 Å². The smallest absolute Gasteiger partial charge is 0.266 e. The standard InChI is InChI=1S/C25H19ClN4O2S/c1-16-20(26)6-4-8-22(16)30-24(32)19-5-2-3-7-21(19)29-25(30)33-15-23(31)28-18-11-9-17(10-12-18)13-14-27/h2-12H,13,15H2,1H3,(H,28,31). The van der Waals surface area contributed by atoms with Crippen molar-refractivity contribution in [3.05, 3.63) is 93.2 Å². The number of hydrogen-bond acceptors (Lipinski definition) is 5. The number of nitrogens with one attached hydrogen (secondary N) is 1. The number of halogens is 1. The molecule has 1 aromatic heterocycles. The van der Waals surface area contributed by atoms with Crippen molar-refractivity contribution in [1.82, 2.24) is 9.55 Å². The van der Waals surface area contributed by atoms with E-state index in [1.165, 1.54) is 16.3 Å². The lowest BCUT2D eigenvalue weighted by Gasteiger charge is -2.15. The largest absolute Gasteiger partial charge is 0.325 e. The molecule has 0 aliphatic rings. The van der Waals surface area contributed by atoms with Crippen LogP contribution in [0.5, 0.6) is 0 Å². The van der Waals surface area contributed by atoms with Crippen LogP contribution < -0.4 is 10.9 Å². The van der Waals surface area contributed by atoms with Crippen molar-refractivity contribution in [3.8, 4) is 11.8 Å². The van der Waals surface area contributed by atoms with Gasteiger partial charge in [0.15, 0.2) is 5.16 Å². The Balaban J connectivity index is 1.64. The molecule has 0 aliphatic carbocycles. The van der Waals surface area contributed by atoms with Gasteiger partial charge in [-0.1, -0.05) is 53.7 Å². The molecule has 33 heavy (non-hydrogen) atoms. The maximum absolute atomic E-state index is 13.4. The summed E-state index contributed by atoms with van der Waals surface area (Å²) in [6.07, 6.45) is 0.318. The molecule has 6 nitrogen and oxygen atoms in total. The van der Waals surface area contributed by atoms with Crippen molar-refractivity contribution in [3.63, 3.8) is 0 Å². The van der Waals surface area contributed by atoms with Crippen LogP contribution in [0.15, 0.2) is 76.7 Å². The molecule has 4 rings (SSSR count). The molecule has 0 atom stereocenters. The minimum Gasteiger partial charge on any atom is -0.325 e. The van der Waals surface area contributed by atoms with Gasteiger partial charge in [-0.2, -0.15) is 5.26 Å². The summed E-state index contributed by atoms with van der Waals surface area (Å²) in [5, 5.41) is 13.0. The van der Waals surface area contributed by atoms with E-state index >= 15 is 0 Å². The highest BCUT2D eigenvalue weighted by molar-refractivity contribution is 7.99. The van der Waals surface area contributed by atoms with E-state index in [4.69, 9.17) is 16.9 Å². The Morgan fingerprint density at radius 3 is 2.64 bits per heavy atom. The molecule has 0 saturated heterocycles. The molecule has 0 fully saturated rings. The van der Waals surface area contributed by atoms with Crippen molar-refractivity contribution >= 4 is 45.9 Å². The minimum absolute atomic E-state index is 0.0599. The molecule has 0 bridgehead atoms. The van der Waals surface area contributed by atoms with Gasteiger partial charge in [-0.3, -0.25) is 14.2 Å². The maximum atomic E-state index is 13.4. The number of fused-ring (bicyclic) bond motifs is 1. The van der Waals surface area contributed by atoms with Gasteiger partial charge in [-0.15, -0.1) is 0 Å². The Morgan fingerprint density at radius 1 is 1.12 bits per heavy atom. The molecule has 3 aromatic carbocycles. The molecule has 164 valence electrons. The summed E-state index contributed by atoms with van der Waals surface area (Å²) in [5.41, 5.74) is 3.24. The number of benzene rings is 3. The van der Waals surface area contributed by atoms with Crippen LogP contribution in [0, 0.1) is 18.3 Å². The average molecular weight is 475 g/mol. The van der Waals surface area contributed by atoms with Crippen LogP contribution in [0.4, 0.5) is 5.69 Å². The number of hydrogen-bond donors (Lipinski definition) is 1. The molecule has 0 aliphatic heterocycles. The zero-order valence-corrected chi connectivity index (χ0v) is 19.3. The third kappa shape index (κ3) is 4.92. The number of carbonyl (C=O) groups is 1. The fraction of sp³-hybridized carbons (Fsp3) is 0.120. The number of anilines is 1. The van der Waals surface area contributed by atoms with Gasteiger partial charge in [0, 0.05) is 10.7 Å². The summed E-state index contributed by atoms with van der Waals surface area (Å²) in [4.78, 5) is 30.6. The predicted octanol–water partition coefficient (Wildman–Crippen LogP) is 5.14. The molecule has 0 unspecified atom stereocenters. The summed E-state index contributed by atoms with van der Waals surface area (Å²) in [7, 11) is 0. The van der Waals surface area contributed by atoms with Crippen LogP contribution in [0.3, 0.4) is 0 Å². The second kappa shape index (κ2) is 9.90. The van der Waals surface area contributed by atoms with Crippen molar-refractivity contribution < 1.29 is 4.79 Å². The summed E-state index contributed by atoms with van der Waals surface area (Å²) < 4.78 is 1.51. The van der Waals surface area contributed by atoms with Gasteiger partial charge in [0.25, 0.3) is 5.56 Å². The fourth-order valence-electron chi connectivity index (χ4n) is 3.38. The van der Waals surface area contributed by atoms with Crippen molar-refractivity contribution in [2.24, 2.45) is 0 Å². The Kier molecular flexibility index (Phi) is 6.78. The number of carbonyl (C=O) groups excluding carboxylic acids is 1. The van der Waals surface area contributed by atoms with E-state index in [9.17, 15) is 9.59 Å². The third-order valence-corrected chi connectivity index (χ3v) is 6.43. The average Bonchev–Trinajstić information content (AvgIpc) is 2.81. The Bertz CT molecular complexity index is 1440. The molecule has 0 spiro atoms. The van der Waals surface area contributed by atoms with E-state index in [1.54, 1.807) is 54.6 Å². The topological polar surface area (TPSA) is 87.8 Å². The second-order valence-electron chi connectivity index (χ2n) is 7.30. The first-order valence-electron chi connectivity index (χ1n) is 10.1. The molecule has 4 aromatic rings. The summed E-state index contributed by atoms with van der Waals surface area (Å²) >= 11 is 7.49. The molecule has 0 saturated carbocycles. The Labute approximate surface area is 199 Å². The monoisotopic (exact) mass is 474 g/mol. The van der Waals surface area contributed by atoms with E-state index < -0.39 is 0 Å². The van der Waals surface area contributed by atoms with Crippen molar-refractivity contribution in [2.45, 2.75) is 18.5 Å². The Morgan fingerprint density at radius 2 is 1.88 bits per heavy atom. The van der Waals surface area contributed by atoms with Crippen LogP contribution in [0.1, 0.15) is 11.1 Å². The van der Waals surface area contributed by atoms with Gasteiger partial charge in [0.1, 0.15) is 0 Å². The first-order chi connectivity index (χ1) is 16.0. The number of aromatic nitrogens is 2. The molecule has 1 N–H and O–H groups in total. The van der Waals surface area contributed by atoms with E-state index in [2.05, 4.69) is 16.4 Å². The highest BCUT2D eigenvalue weighted by Crippen LogP contribution is 2.26. The number of rotatable bonds is 6. The molecular formula is C25H19ClN4O2S. The van der Waals surface area contributed by atoms with Crippen molar-refractivity contribution in [1.29, 1.82) is 5.26 Å². The molecule has 1 heterocycles. The molecule has 0 radical (unpaired) electrons. The van der Waals surface area contributed by atoms with E-state index in [-0.39, 0.29) is 17.2 Å². The van der Waals surface area contributed by atoms with E-state index in [0.717, 1.165) is 11.1 Å². The first kappa shape index (κ1) is 22.6. The highest BCUT2D eigenvalue weighted by atomic mass is 35.5. The van der Waals surface area contributed by atoms with Gasteiger partial charge in [0.2, 0.25) is 5.91 Å². The number of nitriles is 1. The first-order valence-corrected chi connectivity index (χ1v) is 11.5. The molecule has 8 heteroatoms. The quantitative estimate of drug-likeness (QED) is 0.308. The number of para-hydroxylation sites is 1. The van der Waals surface area contributed by atoms with Gasteiger partial charge in [-0.25, -0.2) is 4.98 Å². The van der Waals surface area contributed by atoms with Crippen LogP contribution in [-0.2, 0) is 11.2 Å². The second-order valence-corrected chi connectivity index (χ2v) is 8.65. The lowest BCUT2D eigenvalue weighted by atomic mass is 10.1. The highest BCUT2D eigenvalue weighted by Gasteiger charge is 2.17. The van der Waals surface area contributed by atoms with Crippen LogP contribution in [0.25, 0.3) is 16.6 Å². The minimum atomic E-state index is -0.232. The molecule has 1 amide bonds. The fourth-order valence-corrected chi connectivity index (χ4v) is 4.36. The van der Waals surface area contributed by atoms with Crippen LogP contribution in [-0.4, -0.2) is 21.2 Å². The Hall–Kier alpha value is -3.60. The number of nitrogens with zero attached hydrogens (tertiary/aromatic N) is 3. The van der Waals surface area contributed by atoms with Gasteiger partial charge >= 0.3 is 0 Å². The predicted molar refractivity (Wildman–Crippen MR) is 132 cm³/mol.